The Morgan fingerprint density at radius 3 is 2.58 bits per heavy atom. The summed E-state index contributed by atoms with van der Waals surface area (Å²) in [5.41, 5.74) is 0. The van der Waals surface area contributed by atoms with Crippen molar-refractivity contribution in [3.63, 3.8) is 0 Å². The molecule has 1 aromatic rings. The van der Waals surface area contributed by atoms with E-state index in [0.29, 0.717) is 0 Å². The Labute approximate surface area is 129 Å². The standard InChI is InChI=1S/C14H19ClN2S2/c15-12-4-6-13(7-5-12)19-11-8-16-14(18)17-9-2-1-3-10-17/h4-7H,1-3,8-11H2,(H,16,18). The predicted molar refractivity (Wildman–Crippen MR) is 88.2 cm³/mol. The molecule has 0 bridgehead atoms. The Kier molecular flexibility index (Phi) is 6.28. The van der Waals surface area contributed by atoms with Crippen molar-refractivity contribution in [1.82, 2.24) is 10.2 Å². The highest BCUT2D eigenvalue weighted by Gasteiger charge is 2.12. The molecular formula is C14H19ClN2S2. The van der Waals surface area contributed by atoms with Crippen molar-refractivity contribution < 1.29 is 0 Å². The summed E-state index contributed by atoms with van der Waals surface area (Å²) in [6.45, 7) is 3.12. The summed E-state index contributed by atoms with van der Waals surface area (Å²) >= 11 is 13.1. The molecule has 1 aromatic carbocycles. The summed E-state index contributed by atoms with van der Waals surface area (Å²) in [6.07, 6.45) is 3.87. The highest BCUT2D eigenvalue weighted by molar-refractivity contribution is 7.99. The molecule has 0 aliphatic carbocycles. The maximum absolute atomic E-state index is 5.86. The Hall–Kier alpha value is -0.450. The molecule has 0 unspecified atom stereocenters. The highest BCUT2D eigenvalue weighted by Crippen LogP contribution is 2.19. The molecule has 1 aliphatic rings. The fourth-order valence-electron chi connectivity index (χ4n) is 2.07. The highest BCUT2D eigenvalue weighted by atomic mass is 35.5. The van der Waals surface area contributed by atoms with Gasteiger partial charge < -0.3 is 10.2 Å². The van der Waals surface area contributed by atoms with Crippen LogP contribution >= 0.6 is 35.6 Å². The third-order valence-electron chi connectivity index (χ3n) is 3.10. The Balaban J connectivity index is 1.63. The van der Waals surface area contributed by atoms with E-state index in [1.807, 2.05) is 23.9 Å². The average Bonchev–Trinajstić information content (AvgIpc) is 2.46. The summed E-state index contributed by atoms with van der Waals surface area (Å²) in [7, 11) is 0. The molecule has 1 fully saturated rings. The van der Waals surface area contributed by atoms with Crippen LogP contribution in [0.1, 0.15) is 19.3 Å². The SMILES string of the molecule is S=C(NCCSc1ccc(Cl)cc1)N1CCCCC1. The first-order valence-electron chi connectivity index (χ1n) is 6.67. The third-order valence-corrected chi connectivity index (χ3v) is 4.77. The lowest BCUT2D eigenvalue weighted by Crippen LogP contribution is -2.43. The lowest BCUT2D eigenvalue weighted by atomic mass is 10.1. The lowest BCUT2D eigenvalue weighted by molar-refractivity contribution is 0.338. The fourth-order valence-corrected chi connectivity index (χ4v) is 3.25. The predicted octanol–water partition coefficient (Wildman–Crippen LogP) is 3.79. The molecule has 0 spiro atoms. The van der Waals surface area contributed by atoms with Gasteiger partial charge in [0.2, 0.25) is 0 Å². The topological polar surface area (TPSA) is 15.3 Å². The fraction of sp³-hybridized carbons (Fsp3) is 0.500. The molecule has 1 heterocycles. The van der Waals surface area contributed by atoms with E-state index in [4.69, 9.17) is 23.8 Å². The molecule has 5 heteroatoms. The van der Waals surface area contributed by atoms with Crippen molar-refractivity contribution in [2.75, 3.05) is 25.4 Å². The molecular weight excluding hydrogens is 296 g/mol. The van der Waals surface area contributed by atoms with Gasteiger partial charge in [0.1, 0.15) is 0 Å². The number of halogens is 1. The zero-order chi connectivity index (χ0) is 13.5. The minimum absolute atomic E-state index is 0.786. The summed E-state index contributed by atoms with van der Waals surface area (Å²) in [6, 6.07) is 7.96. The normalized spacial score (nSPS) is 15.3. The summed E-state index contributed by atoms with van der Waals surface area (Å²) in [4.78, 5) is 3.53. The second-order valence-corrected chi connectivity index (χ2v) is 6.57. The molecule has 0 amide bonds. The molecule has 0 atom stereocenters. The minimum atomic E-state index is 0.786. The quantitative estimate of drug-likeness (QED) is 0.516. The van der Waals surface area contributed by atoms with E-state index in [9.17, 15) is 0 Å². The molecule has 104 valence electrons. The van der Waals surface area contributed by atoms with Gasteiger partial charge in [-0.05, 0) is 55.7 Å². The summed E-state index contributed by atoms with van der Waals surface area (Å²) < 4.78 is 0. The van der Waals surface area contributed by atoms with E-state index in [0.717, 1.165) is 35.5 Å². The monoisotopic (exact) mass is 314 g/mol. The number of rotatable bonds is 4. The molecule has 19 heavy (non-hydrogen) atoms. The first-order valence-corrected chi connectivity index (χ1v) is 8.44. The van der Waals surface area contributed by atoms with Crippen LogP contribution < -0.4 is 5.32 Å². The number of nitrogens with one attached hydrogen (secondary N) is 1. The van der Waals surface area contributed by atoms with Gasteiger partial charge in [-0.3, -0.25) is 0 Å². The number of likely N-dealkylation sites (tertiary alicyclic amines) is 1. The number of nitrogens with zero attached hydrogens (tertiary/aromatic N) is 1. The van der Waals surface area contributed by atoms with Crippen molar-refractivity contribution in [3.8, 4) is 0 Å². The molecule has 0 radical (unpaired) electrons. The van der Waals surface area contributed by atoms with Crippen LogP contribution in [-0.2, 0) is 0 Å². The number of hydrogen-bond donors (Lipinski definition) is 1. The van der Waals surface area contributed by atoms with Gasteiger partial charge in [-0.2, -0.15) is 0 Å². The van der Waals surface area contributed by atoms with Gasteiger partial charge in [0.25, 0.3) is 0 Å². The van der Waals surface area contributed by atoms with Crippen LogP contribution in [-0.4, -0.2) is 35.4 Å². The second-order valence-electron chi connectivity index (χ2n) is 4.58. The Morgan fingerprint density at radius 2 is 1.89 bits per heavy atom. The first kappa shape index (κ1) is 14.9. The zero-order valence-corrected chi connectivity index (χ0v) is 13.3. The first-order chi connectivity index (χ1) is 9.25. The van der Waals surface area contributed by atoms with Gasteiger partial charge in [0.15, 0.2) is 5.11 Å². The van der Waals surface area contributed by atoms with Crippen LogP contribution in [0, 0.1) is 0 Å². The van der Waals surface area contributed by atoms with E-state index in [1.165, 1.54) is 24.2 Å². The van der Waals surface area contributed by atoms with Crippen LogP contribution in [0.15, 0.2) is 29.2 Å². The van der Waals surface area contributed by atoms with Crippen LogP contribution in [0.2, 0.25) is 5.02 Å². The third kappa shape index (κ3) is 5.21. The maximum Gasteiger partial charge on any atom is 0.168 e. The second kappa shape index (κ2) is 7.98. The maximum atomic E-state index is 5.86. The average molecular weight is 315 g/mol. The Morgan fingerprint density at radius 1 is 1.21 bits per heavy atom. The summed E-state index contributed by atoms with van der Waals surface area (Å²) in [5, 5.41) is 5.04. The number of thioether (sulfide) groups is 1. The molecule has 0 aromatic heterocycles. The molecule has 1 saturated heterocycles. The van der Waals surface area contributed by atoms with E-state index >= 15 is 0 Å². The number of hydrogen-bond acceptors (Lipinski definition) is 2. The van der Waals surface area contributed by atoms with Gasteiger partial charge in [0, 0.05) is 35.3 Å². The van der Waals surface area contributed by atoms with E-state index in [2.05, 4.69) is 22.3 Å². The largest absolute Gasteiger partial charge is 0.362 e. The van der Waals surface area contributed by atoms with Crippen molar-refractivity contribution >= 4 is 40.7 Å². The smallest absolute Gasteiger partial charge is 0.168 e. The van der Waals surface area contributed by atoms with Crippen LogP contribution in [0.5, 0.6) is 0 Å². The number of benzene rings is 1. The van der Waals surface area contributed by atoms with Gasteiger partial charge in [-0.25, -0.2) is 0 Å². The van der Waals surface area contributed by atoms with E-state index in [-0.39, 0.29) is 0 Å². The molecule has 1 N–H and O–H groups in total. The van der Waals surface area contributed by atoms with Crippen LogP contribution in [0.3, 0.4) is 0 Å². The van der Waals surface area contributed by atoms with Gasteiger partial charge in [0.05, 0.1) is 0 Å². The van der Waals surface area contributed by atoms with Crippen molar-refractivity contribution in [2.24, 2.45) is 0 Å². The van der Waals surface area contributed by atoms with Gasteiger partial charge >= 0.3 is 0 Å². The molecule has 1 aliphatic heterocycles. The van der Waals surface area contributed by atoms with Crippen molar-refractivity contribution in [1.29, 1.82) is 0 Å². The minimum Gasteiger partial charge on any atom is -0.362 e. The lowest BCUT2D eigenvalue weighted by Gasteiger charge is -2.29. The molecule has 0 saturated carbocycles. The van der Waals surface area contributed by atoms with Crippen LogP contribution in [0.25, 0.3) is 0 Å². The van der Waals surface area contributed by atoms with Gasteiger partial charge in [-0.15, -0.1) is 11.8 Å². The van der Waals surface area contributed by atoms with Crippen molar-refractivity contribution in [3.05, 3.63) is 29.3 Å². The van der Waals surface area contributed by atoms with E-state index < -0.39 is 0 Å². The van der Waals surface area contributed by atoms with E-state index in [1.54, 1.807) is 0 Å². The number of thiocarbonyl (C=S) groups is 1. The summed E-state index contributed by atoms with van der Waals surface area (Å²) in [5.74, 6) is 1.01. The molecule has 2 rings (SSSR count). The van der Waals surface area contributed by atoms with Crippen LogP contribution in [0.4, 0.5) is 0 Å². The molecule has 2 nitrogen and oxygen atoms in total. The van der Waals surface area contributed by atoms with Gasteiger partial charge in [-0.1, -0.05) is 11.6 Å². The zero-order valence-electron chi connectivity index (χ0n) is 10.9. The van der Waals surface area contributed by atoms with Crippen molar-refractivity contribution in [2.45, 2.75) is 24.2 Å². The number of piperidine rings is 1. The Bertz CT molecular complexity index is 402.